The van der Waals surface area contributed by atoms with Crippen LogP contribution in [0.1, 0.15) is 17.2 Å². The maximum absolute atomic E-state index is 5.81. The molecule has 0 fully saturated rings. The summed E-state index contributed by atoms with van der Waals surface area (Å²) in [6.45, 7) is 4.25. The van der Waals surface area contributed by atoms with Crippen LogP contribution in [0.4, 0.5) is 0 Å². The van der Waals surface area contributed by atoms with Crippen molar-refractivity contribution in [1.82, 2.24) is 29.4 Å². The number of nitrogens with zero attached hydrogens (tertiary/aromatic N) is 6. The summed E-state index contributed by atoms with van der Waals surface area (Å²) in [7, 11) is 1.86. The number of rotatable bonds is 4. The molecule has 0 aliphatic carbocycles. The molecule has 7 nitrogen and oxygen atoms in total. The number of benzene rings is 1. The van der Waals surface area contributed by atoms with Crippen LogP contribution in [0.25, 0.3) is 17.0 Å². The van der Waals surface area contributed by atoms with Crippen molar-refractivity contribution in [1.29, 1.82) is 0 Å². The lowest BCUT2D eigenvalue weighted by molar-refractivity contribution is 0.274. The molecule has 0 radical (unpaired) electrons. The molecule has 126 valence electrons. The molecule has 0 atom stereocenters. The fourth-order valence-corrected chi connectivity index (χ4v) is 2.60. The zero-order valence-corrected chi connectivity index (χ0v) is 14.3. The van der Waals surface area contributed by atoms with E-state index in [2.05, 4.69) is 20.2 Å². The van der Waals surface area contributed by atoms with Crippen molar-refractivity contribution in [2.45, 2.75) is 20.5 Å². The first-order valence-electron chi connectivity index (χ1n) is 8.03. The predicted molar refractivity (Wildman–Crippen MR) is 93.2 cm³/mol. The Hall–Kier alpha value is -3.22. The Kier molecular flexibility index (Phi) is 3.68. The first kappa shape index (κ1) is 15.3. The number of hydrogen-bond donors (Lipinski definition) is 0. The largest absolute Gasteiger partial charge is 0.468 e. The van der Waals surface area contributed by atoms with Gasteiger partial charge in [-0.2, -0.15) is 5.10 Å². The van der Waals surface area contributed by atoms with Gasteiger partial charge in [0.05, 0.1) is 11.4 Å². The van der Waals surface area contributed by atoms with Gasteiger partial charge in [-0.05, 0) is 19.9 Å². The third-order valence-electron chi connectivity index (χ3n) is 4.15. The van der Waals surface area contributed by atoms with Crippen LogP contribution < -0.4 is 4.74 Å². The fraction of sp³-hybridized carbons (Fsp3) is 0.222. The van der Waals surface area contributed by atoms with Gasteiger partial charge in [-0.1, -0.05) is 30.3 Å². The minimum absolute atomic E-state index is 0.293. The summed E-state index contributed by atoms with van der Waals surface area (Å²) in [6, 6.07) is 13.6. The minimum atomic E-state index is 0.293. The number of aromatic nitrogens is 6. The zero-order chi connectivity index (χ0) is 17.4. The monoisotopic (exact) mass is 334 g/mol. The molecule has 1 aromatic carbocycles. The molecule has 3 heterocycles. The lowest BCUT2D eigenvalue weighted by atomic mass is 10.2. The summed E-state index contributed by atoms with van der Waals surface area (Å²) in [6.07, 6.45) is 0. The van der Waals surface area contributed by atoms with Crippen LogP contribution in [-0.2, 0) is 13.7 Å². The molecule has 7 heteroatoms. The normalized spacial score (nSPS) is 11.2. The van der Waals surface area contributed by atoms with E-state index >= 15 is 0 Å². The quantitative estimate of drug-likeness (QED) is 0.574. The molecule has 0 amide bonds. The molecule has 0 aliphatic rings. The number of hydrogen-bond acceptors (Lipinski definition) is 5. The summed E-state index contributed by atoms with van der Waals surface area (Å²) in [5, 5.41) is 8.93. The van der Waals surface area contributed by atoms with Crippen molar-refractivity contribution < 1.29 is 4.74 Å². The Morgan fingerprint density at radius 1 is 0.960 bits per heavy atom. The van der Waals surface area contributed by atoms with E-state index < -0.39 is 0 Å². The summed E-state index contributed by atoms with van der Waals surface area (Å²) < 4.78 is 9.33. The van der Waals surface area contributed by atoms with Crippen molar-refractivity contribution in [3.8, 4) is 17.3 Å². The van der Waals surface area contributed by atoms with E-state index in [0.717, 1.165) is 28.4 Å². The first-order valence-corrected chi connectivity index (χ1v) is 8.03. The highest BCUT2D eigenvalue weighted by Crippen LogP contribution is 2.17. The molecule has 0 bridgehead atoms. The number of ether oxygens (including phenoxy) is 1. The van der Waals surface area contributed by atoms with Gasteiger partial charge in [0.1, 0.15) is 6.61 Å². The minimum Gasteiger partial charge on any atom is -0.468 e. The fourth-order valence-electron chi connectivity index (χ4n) is 2.60. The van der Waals surface area contributed by atoms with Crippen molar-refractivity contribution in [2.75, 3.05) is 0 Å². The highest BCUT2D eigenvalue weighted by atomic mass is 16.5. The van der Waals surface area contributed by atoms with Crippen LogP contribution in [0, 0.1) is 13.8 Å². The molecule has 4 aromatic rings. The summed E-state index contributed by atoms with van der Waals surface area (Å²) >= 11 is 0. The van der Waals surface area contributed by atoms with Gasteiger partial charge in [0.25, 0.3) is 0 Å². The molecule has 0 saturated carbocycles. The second kappa shape index (κ2) is 6.01. The van der Waals surface area contributed by atoms with E-state index in [1.807, 2.05) is 63.4 Å². The van der Waals surface area contributed by atoms with Gasteiger partial charge in [-0.25, -0.2) is 19.2 Å². The Balaban J connectivity index is 1.55. The average Bonchev–Trinajstić information content (AvgIpc) is 3.14. The van der Waals surface area contributed by atoms with Gasteiger partial charge in [0, 0.05) is 18.7 Å². The molecule has 4 rings (SSSR count). The zero-order valence-electron chi connectivity index (χ0n) is 14.3. The van der Waals surface area contributed by atoms with E-state index in [-0.39, 0.29) is 0 Å². The predicted octanol–water partition coefficient (Wildman–Crippen LogP) is 2.72. The van der Waals surface area contributed by atoms with Crippen LogP contribution in [0.5, 0.6) is 5.88 Å². The van der Waals surface area contributed by atoms with Crippen LogP contribution >= 0.6 is 0 Å². The molecule has 0 aliphatic heterocycles. The van der Waals surface area contributed by atoms with Crippen molar-refractivity contribution in [3.63, 3.8) is 0 Å². The second-order valence-electron chi connectivity index (χ2n) is 5.85. The third kappa shape index (κ3) is 2.84. The maximum atomic E-state index is 5.81. The molecular formula is C18H18N6O. The molecule has 0 unspecified atom stereocenters. The van der Waals surface area contributed by atoms with Crippen molar-refractivity contribution in [2.24, 2.45) is 7.05 Å². The topological polar surface area (TPSA) is 70.1 Å². The van der Waals surface area contributed by atoms with E-state index in [1.54, 1.807) is 9.20 Å². The van der Waals surface area contributed by atoms with Crippen molar-refractivity contribution in [3.05, 3.63) is 59.7 Å². The van der Waals surface area contributed by atoms with Gasteiger partial charge in [0.15, 0.2) is 17.3 Å². The molecule has 0 N–H and O–H groups in total. The number of imidazole rings is 1. The van der Waals surface area contributed by atoms with Gasteiger partial charge in [-0.3, -0.25) is 0 Å². The molecule has 25 heavy (non-hydrogen) atoms. The van der Waals surface area contributed by atoms with Crippen LogP contribution in [-0.4, -0.2) is 29.4 Å². The lowest BCUT2D eigenvalue weighted by Gasteiger charge is -2.05. The molecule has 3 aromatic heterocycles. The third-order valence-corrected chi connectivity index (χ3v) is 4.15. The van der Waals surface area contributed by atoms with Crippen LogP contribution in [0.2, 0.25) is 0 Å². The highest BCUT2D eigenvalue weighted by molar-refractivity contribution is 5.53. The van der Waals surface area contributed by atoms with Gasteiger partial charge in [-0.15, -0.1) is 5.10 Å². The number of aryl methyl sites for hydroxylation is 3. The van der Waals surface area contributed by atoms with Crippen LogP contribution in [0.15, 0.2) is 42.5 Å². The van der Waals surface area contributed by atoms with Gasteiger partial charge < -0.3 is 4.74 Å². The molecular weight excluding hydrogens is 316 g/mol. The van der Waals surface area contributed by atoms with E-state index in [9.17, 15) is 0 Å². The van der Waals surface area contributed by atoms with Gasteiger partial charge in [0.2, 0.25) is 5.88 Å². The number of fused-ring (bicyclic) bond motifs is 1. The Labute approximate surface area is 144 Å². The SMILES string of the molecule is Cc1nc2ccc(OCc3nc(-c4ccccc4)nn3C)nn2c1C. The Bertz CT molecular complexity index is 1030. The standard InChI is InChI=1S/C18H18N6O/c1-12-13(2)24-15(19-12)9-10-17(21-24)25-11-16-20-18(22-23(16)3)14-7-5-4-6-8-14/h4-10H,11H2,1-3H3. The average molecular weight is 334 g/mol. The van der Waals surface area contributed by atoms with E-state index in [4.69, 9.17) is 4.74 Å². The Morgan fingerprint density at radius 3 is 2.56 bits per heavy atom. The maximum Gasteiger partial charge on any atom is 0.232 e. The lowest BCUT2D eigenvalue weighted by Crippen LogP contribution is -2.06. The first-order chi connectivity index (χ1) is 12.1. The summed E-state index contributed by atoms with van der Waals surface area (Å²) in [4.78, 5) is 9.00. The van der Waals surface area contributed by atoms with Crippen LogP contribution in [0.3, 0.4) is 0 Å². The molecule has 0 spiro atoms. The Morgan fingerprint density at radius 2 is 1.76 bits per heavy atom. The van der Waals surface area contributed by atoms with Crippen molar-refractivity contribution >= 4 is 5.65 Å². The van der Waals surface area contributed by atoms with E-state index in [1.165, 1.54) is 0 Å². The second-order valence-corrected chi connectivity index (χ2v) is 5.85. The molecule has 0 saturated heterocycles. The highest BCUT2D eigenvalue weighted by Gasteiger charge is 2.11. The smallest absolute Gasteiger partial charge is 0.232 e. The summed E-state index contributed by atoms with van der Waals surface area (Å²) in [5.74, 6) is 1.95. The summed E-state index contributed by atoms with van der Waals surface area (Å²) in [5.41, 5.74) is 3.76. The van der Waals surface area contributed by atoms with Gasteiger partial charge >= 0.3 is 0 Å². The van der Waals surface area contributed by atoms with E-state index in [0.29, 0.717) is 18.3 Å².